The topological polar surface area (TPSA) is 42.0 Å². The first kappa shape index (κ1) is 11.1. The number of rotatable bonds is 3. The summed E-state index contributed by atoms with van der Waals surface area (Å²) in [5.41, 5.74) is -1.83. The van der Waals surface area contributed by atoms with Crippen LogP contribution >= 0.6 is 11.3 Å². The molecule has 0 aliphatic rings. The van der Waals surface area contributed by atoms with Crippen LogP contribution in [0.4, 0.5) is 4.39 Å². The quantitative estimate of drug-likeness (QED) is 0.837. The first-order valence-electron chi connectivity index (χ1n) is 4.28. The summed E-state index contributed by atoms with van der Waals surface area (Å²) in [6.45, 7) is 4.69. The van der Waals surface area contributed by atoms with Crippen molar-refractivity contribution in [2.45, 2.75) is 33.0 Å². The molecular formula is C9H13FN2OS. The Labute approximate surface area is 86.4 Å². The molecule has 0 saturated heterocycles. The Balaban J connectivity index is 2.46. The van der Waals surface area contributed by atoms with E-state index in [1.807, 2.05) is 6.92 Å². The largest absolute Gasteiger partial charge is 0.347 e. The Morgan fingerprint density at radius 3 is 2.79 bits per heavy atom. The molecule has 5 heteroatoms. The Kier molecular flexibility index (Phi) is 3.21. The second-order valence-corrected chi connectivity index (χ2v) is 4.84. The Morgan fingerprint density at radius 2 is 2.36 bits per heavy atom. The zero-order valence-corrected chi connectivity index (χ0v) is 9.24. The monoisotopic (exact) mass is 216 g/mol. The molecule has 0 aliphatic carbocycles. The fourth-order valence-electron chi connectivity index (χ4n) is 0.849. The minimum absolute atomic E-state index is 0.296. The second-order valence-electron chi connectivity index (χ2n) is 3.52. The minimum atomic E-state index is -1.83. The lowest BCUT2D eigenvalue weighted by Crippen LogP contribution is -2.38. The normalized spacial score (nSPS) is 11.4. The van der Waals surface area contributed by atoms with Crippen molar-refractivity contribution in [2.75, 3.05) is 0 Å². The van der Waals surface area contributed by atoms with Crippen molar-refractivity contribution in [1.82, 2.24) is 10.3 Å². The number of thiazole rings is 1. The molecule has 1 aromatic rings. The number of hydrogen-bond acceptors (Lipinski definition) is 3. The van der Waals surface area contributed by atoms with Gasteiger partial charge in [-0.05, 0) is 20.8 Å². The zero-order valence-electron chi connectivity index (χ0n) is 8.43. The van der Waals surface area contributed by atoms with Gasteiger partial charge in [0.05, 0.1) is 6.54 Å². The fraction of sp³-hybridized carbons (Fsp3) is 0.556. The van der Waals surface area contributed by atoms with Crippen molar-refractivity contribution >= 4 is 17.2 Å². The molecule has 1 heterocycles. The summed E-state index contributed by atoms with van der Waals surface area (Å²) in [6.07, 6.45) is 1.73. The van der Waals surface area contributed by atoms with Crippen molar-refractivity contribution in [3.8, 4) is 0 Å². The lowest BCUT2D eigenvalue weighted by atomic mass is 10.1. The van der Waals surface area contributed by atoms with Gasteiger partial charge in [0, 0.05) is 11.1 Å². The number of aromatic nitrogens is 1. The van der Waals surface area contributed by atoms with E-state index in [-0.39, 0.29) is 0 Å². The van der Waals surface area contributed by atoms with Crippen LogP contribution in [-0.4, -0.2) is 16.6 Å². The average molecular weight is 216 g/mol. The molecule has 14 heavy (non-hydrogen) atoms. The smallest absolute Gasteiger partial charge is 0.257 e. The summed E-state index contributed by atoms with van der Waals surface area (Å²) in [4.78, 5) is 16.3. The van der Waals surface area contributed by atoms with E-state index in [2.05, 4.69) is 10.3 Å². The molecule has 78 valence electrons. The van der Waals surface area contributed by atoms with E-state index in [1.54, 1.807) is 6.20 Å². The lowest BCUT2D eigenvalue weighted by Gasteiger charge is -2.12. The predicted octanol–water partition coefficient (Wildman–Crippen LogP) is 1.82. The van der Waals surface area contributed by atoms with Crippen molar-refractivity contribution in [1.29, 1.82) is 0 Å². The summed E-state index contributed by atoms with van der Waals surface area (Å²) in [5, 5.41) is 3.28. The fourth-order valence-corrected chi connectivity index (χ4v) is 1.58. The highest BCUT2D eigenvalue weighted by Crippen LogP contribution is 2.12. The highest BCUT2D eigenvalue weighted by atomic mass is 32.1. The van der Waals surface area contributed by atoms with Crippen LogP contribution in [-0.2, 0) is 11.3 Å². The molecule has 1 amide bonds. The van der Waals surface area contributed by atoms with Gasteiger partial charge in [0.2, 0.25) is 0 Å². The molecule has 0 saturated carbocycles. The van der Waals surface area contributed by atoms with Gasteiger partial charge in [-0.25, -0.2) is 9.37 Å². The Bertz CT molecular complexity index is 330. The number of hydrogen-bond donors (Lipinski definition) is 1. The number of carbonyl (C=O) groups is 1. The number of nitrogens with one attached hydrogen (secondary N) is 1. The predicted molar refractivity (Wildman–Crippen MR) is 53.9 cm³/mol. The average Bonchev–Trinajstić information content (AvgIpc) is 2.45. The molecule has 0 unspecified atom stereocenters. The Morgan fingerprint density at radius 1 is 1.71 bits per heavy atom. The van der Waals surface area contributed by atoms with E-state index in [1.165, 1.54) is 25.2 Å². The van der Waals surface area contributed by atoms with Gasteiger partial charge < -0.3 is 5.32 Å². The maximum atomic E-state index is 13.1. The van der Waals surface area contributed by atoms with Crippen LogP contribution in [0.25, 0.3) is 0 Å². The minimum Gasteiger partial charge on any atom is -0.347 e. The van der Waals surface area contributed by atoms with Gasteiger partial charge >= 0.3 is 0 Å². The van der Waals surface area contributed by atoms with Gasteiger partial charge in [-0.15, -0.1) is 11.3 Å². The molecule has 3 nitrogen and oxygen atoms in total. The molecule has 1 rings (SSSR count). The van der Waals surface area contributed by atoms with Crippen LogP contribution in [0.1, 0.15) is 23.7 Å². The molecular weight excluding hydrogens is 203 g/mol. The van der Waals surface area contributed by atoms with Crippen molar-refractivity contribution in [3.63, 3.8) is 0 Å². The molecule has 0 atom stereocenters. The molecule has 0 aromatic carbocycles. The van der Waals surface area contributed by atoms with Crippen molar-refractivity contribution < 1.29 is 9.18 Å². The third-order valence-corrected chi connectivity index (χ3v) is 2.52. The molecule has 1 N–H and O–H groups in total. The van der Waals surface area contributed by atoms with E-state index >= 15 is 0 Å². The summed E-state index contributed by atoms with van der Waals surface area (Å²) in [7, 11) is 0. The number of aryl methyl sites for hydroxylation is 1. The molecule has 0 spiro atoms. The van der Waals surface area contributed by atoms with Crippen LogP contribution in [0.5, 0.6) is 0 Å². The molecule has 0 radical (unpaired) electrons. The first-order valence-corrected chi connectivity index (χ1v) is 5.10. The summed E-state index contributed by atoms with van der Waals surface area (Å²) in [6, 6.07) is 0. The van der Waals surface area contributed by atoms with Gasteiger partial charge in [0.25, 0.3) is 5.91 Å². The number of nitrogens with zero attached hydrogens (tertiary/aromatic N) is 1. The maximum Gasteiger partial charge on any atom is 0.257 e. The molecule has 0 bridgehead atoms. The van der Waals surface area contributed by atoms with Gasteiger partial charge in [0.1, 0.15) is 5.01 Å². The van der Waals surface area contributed by atoms with Crippen LogP contribution < -0.4 is 5.32 Å². The summed E-state index contributed by atoms with van der Waals surface area (Å²) < 4.78 is 13.1. The highest BCUT2D eigenvalue weighted by molar-refractivity contribution is 7.11. The van der Waals surface area contributed by atoms with Gasteiger partial charge in [0.15, 0.2) is 5.67 Å². The summed E-state index contributed by atoms with van der Waals surface area (Å²) in [5.74, 6) is -0.606. The maximum absolute atomic E-state index is 13.1. The van der Waals surface area contributed by atoms with E-state index in [4.69, 9.17) is 0 Å². The van der Waals surface area contributed by atoms with Crippen molar-refractivity contribution in [2.24, 2.45) is 0 Å². The van der Waals surface area contributed by atoms with E-state index in [9.17, 15) is 9.18 Å². The second kappa shape index (κ2) is 4.04. The molecule has 0 aliphatic heterocycles. The van der Waals surface area contributed by atoms with Gasteiger partial charge in [-0.1, -0.05) is 0 Å². The standard InChI is InChI=1S/C9H13FN2OS/c1-6-4-11-7(14-6)5-12-8(13)9(2,3)10/h4H,5H2,1-3H3,(H,12,13). The first-order chi connectivity index (χ1) is 6.39. The highest BCUT2D eigenvalue weighted by Gasteiger charge is 2.26. The zero-order chi connectivity index (χ0) is 10.8. The van der Waals surface area contributed by atoms with Crippen molar-refractivity contribution in [3.05, 3.63) is 16.1 Å². The van der Waals surface area contributed by atoms with E-state index in [0.717, 1.165) is 9.88 Å². The number of halogens is 1. The Hall–Kier alpha value is -0.970. The molecule has 1 aromatic heterocycles. The van der Waals surface area contributed by atoms with Crippen LogP contribution in [0, 0.1) is 6.92 Å². The summed E-state index contributed by atoms with van der Waals surface area (Å²) >= 11 is 1.49. The van der Waals surface area contributed by atoms with E-state index in [0.29, 0.717) is 6.54 Å². The number of amides is 1. The van der Waals surface area contributed by atoms with Crippen LogP contribution in [0.3, 0.4) is 0 Å². The number of carbonyl (C=O) groups excluding carboxylic acids is 1. The van der Waals surface area contributed by atoms with Gasteiger partial charge in [-0.3, -0.25) is 4.79 Å². The number of alkyl halides is 1. The van der Waals surface area contributed by atoms with Crippen LogP contribution in [0.2, 0.25) is 0 Å². The third kappa shape index (κ3) is 3.06. The third-order valence-electron chi connectivity index (χ3n) is 1.61. The molecule has 0 fully saturated rings. The van der Waals surface area contributed by atoms with Gasteiger partial charge in [-0.2, -0.15) is 0 Å². The lowest BCUT2D eigenvalue weighted by molar-refractivity contribution is -0.130. The SMILES string of the molecule is Cc1cnc(CNC(=O)C(C)(C)F)s1. The van der Waals surface area contributed by atoms with E-state index < -0.39 is 11.6 Å². The van der Waals surface area contributed by atoms with Crippen LogP contribution in [0.15, 0.2) is 6.20 Å².